The number of rotatable bonds is 4. The lowest BCUT2D eigenvalue weighted by Gasteiger charge is -2.40. The van der Waals surface area contributed by atoms with Crippen LogP contribution in [0.4, 0.5) is 0 Å². The summed E-state index contributed by atoms with van der Waals surface area (Å²) in [4.78, 5) is 24.7. The molecule has 0 N–H and O–H groups in total. The zero-order valence-corrected chi connectivity index (χ0v) is 17.4. The van der Waals surface area contributed by atoms with Crippen molar-refractivity contribution in [3.8, 4) is 11.4 Å². The van der Waals surface area contributed by atoms with Gasteiger partial charge in [0.15, 0.2) is 5.82 Å². The summed E-state index contributed by atoms with van der Waals surface area (Å²) < 4.78 is 1.85. The third-order valence-corrected chi connectivity index (χ3v) is 6.72. The molecule has 0 bridgehead atoms. The summed E-state index contributed by atoms with van der Waals surface area (Å²) in [5.41, 5.74) is 4.53. The van der Waals surface area contributed by atoms with E-state index >= 15 is 0 Å². The molecule has 0 saturated carbocycles. The maximum Gasteiger partial charge on any atom is 0.222 e. The summed E-state index contributed by atoms with van der Waals surface area (Å²) in [6.07, 6.45) is 9.23. The highest BCUT2D eigenvalue weighted by atomic mass is 16.2. The molecule has 3 aromatic rings. The van der Waals surface area contributed by atoms with E-state index in [-0.39, 0.29) is 11.3 Å². The molecule has 1 aromatic carbocycles. The highest BCUT2D eigenvalue weighted by Crippen LogP contribution is 2.44. The Morgan fingerprint density at radius 3 is 2.83 bits per heavy atom. The molecule has 1 aliphatic heterocycles. The normalized spacial score (nSPS) is 20.5. The lowest BCUT2D eigenvalue weighted by Crippen LogP contribution is -2.48. The number of aryl methyl sites for hydroxylation is 3. The topological polar surface area (TPSA) is 63.9 Å². The fourth-order valence-electron chi connectivity index (χ4n) is 5.05. The molecule has 30 heavy (non-hydrogen) atoms. The van der Waals surface area contributed by atoms with Gasteiger partial charge in [0, 0.05) is 55.6 Å². The summed E-state index contributed by atoms with van der Waals surface area (Å²) in [6.45, 7) is 1.62. The Labute approximate surface area is 177 Å². The van der Waals surface area contributed by atoms with Gasteiger partial charge in [-0.1, -0.05) is 30.3 Å². The average molecular weight is 402 g/mol. The van der Waals surface area contributed by atoms with Gasteiger partial charge in [0.1, 0.15) is 0 Å². The molecule has 1 fully saturated rings. The maximum absolute atomic E-state index is 13.0. The van der Waals surface area contributed by atoms with Gasteiger partial charge in [-0.2, -0.15) is 5.10 Å². The van der Waals surface area contributed by atoms with Crippen LogP contribution in [-0.2, 0) is 30.1 Å². The molecule has 5 rings (SSSR count). The van der Waals surface area contributed by atoms with Crippen molar-refractivity contribution in [2.24, 2.45) is 7.05 Å². The molecule has 6 nitrogen and oxygen atoms in total. The predicted molar refractivity (Wildman–Crippen MR) is 115 cm³/mol. The number of amides is 1. The Bertz CT molecular complexity index is 1060. The monoisotopic (exact) mass is 401 g/mol. The summed E-state index contributed by atoms with van der Waals surface area (Å²) in [5.74, 6) is 1.02. The van der Waals surface area contributed by atoms with Gasteiger partial charge in [0.25, 0.3) is 0 Å². The van der Waals surface area contributed by atoms with Crippen molar-refractivity contribution in [3.63, 3.8) is 0 Å². The first-order valence-electron chi connectivity index (χ1n) is 10.8. The van der Waals surface area contributed by atoms with E-state index < -0.39 is 0 Å². The molecular formula is C24H27N5O. The summed E-state index contributed by atoms with van der Waals surface area (Å²) >= 11 is 0. The van der Waals surface area contributed by atoms with E-state index in [1.54, 1.807) is 6.20 Å². The van der Waals surface area contributed by atoms with Gasteiger partial charge in [-0.05, 0) is 43.7 Å². The van der Waals surface area contributed by atoms with E-state index in [0.717, 1.165) is 62.3 Å². The fraction of sp³-hybridized carbons (Fsp3) is 0.417. The van der Waals surface area contributed by atoms with Crippen molar-refractivity contribution in [1.29, 1.82) is 0 Å². The van der Waals surface area contributed by atoms with Crippen LogP contribution in [0.25, 0.3) is 11.4 Å². The van der Waals surface area contributed by atoms with Gasteiger partial charge in [0.2, 0.25) is 5.91 Å². The van der Waals surface area contributed by atoms with Crippen LogP contribution in [0.2, 0.25) is 0 Å². The summed E-state index contributed by atoms with van der Waals surface area (Å²) in [5, 5.41) is 4.20. The SMILES string of the molecule is Cn1nccc1CCC(=O)N1CCCC2(CCc3cnc(-c4ccccc4)nc32)C1. The van der Waals surface area contributed by atoms with Crippen LogP contribution in [0.1, 0.15) is 42.6 Å². The highest BCUT2D eigenvalue weighted by Gasteiger charge is 2.44. The van der Waals surface area contributed by atoms with Crippen molar-refractivity contribution in [1.82, 2.24) is 24.6 Å². The van der Waals surface area contributed by atoms with Crippen LogP contribution in [-0.4, -0.2) is 43.6 Å². The van der Waals surface area contributed by atoms with Crippen LogP contribution in [0, 0.1) is 0 Å². The molecule has 1 atom stereocenters. The van der Waals surface area contributed by atoms with Gasteiger partial charge in [0.05, 0.1) is 5.69 Å². The Kier molecular flexibility index (Phi) is 4.85. The molecule has 1 amide bonds. The Balaban J connectivity index is 1.36. The number of piperidine rings is 1. The molecular weight excluding hydrogens is 374 g/mol. The van der Waals surface area contributed by atoms with Crippen molar-refractivity contribution >= 4 is 5.91 Å². The van der Waals surface area contributed by atoms with Gasteiger partial charge >= 0.3 is 0 Å². The number of fused-ring (bicyclic) bond motifs is 2. The molecule has 0 radical (unpaired) electrons. The van der Waals surface area contributed by atoms with E-state index in [1.165, 1.54) is 11.3 Å². The molecule has 2 aliphatic rings. The first kappa shape index (κ1) is 19.0. The van der Waals surface area contributed by atoms with Crippen LogP contribution in [0.15, 0.2) is 48.8 Å². The molecule has 154 valence electrons. The maximum atomic E-state index is 13.0. The zero-order valence-electron chi connectivity index (χ0n) is 17.4. The van der Waals surface area contributed by atoms with Gasteiger partial charge in [-0.15, -0.1) is 0 Å². The second kappa shape index (κ2) is 7.67. The minimum Gasteiger partial charge on any atom is -0.342 e. The fourth-order valence-corrected chi connectivity index (χ4v) is 5.05. The molecule has 2 aromatic heterocycles. The Morgan fingerprint density at radius 2 is 2.03 bits per heavy atom. The third kappa shape index (κ3) is 3.40. The smallest absolute Gasteiger partial charge is 0.222 e. The predicted octanol–water partition coefficient (Wildman–Crippen LogP) is 3.32. The third-order valence-electron chi connectivity index (χ3n) is 6.72. The molecule has 6 heteroatoms. The Morgan fingerprint density at radius 1 is 1.17 bits per heavy atom. The summed E-state index contributed by atoms with van der Waals surface area (Å²) in [6, 6.07) is 12.1. The standard InChI is InChI=1S/C24H27N5O/c1-28-20(11-14-26-28)8-9-21(30)29-15-5-12-24(17-29)13-10-19-16-25-23(27-22(19)24)18-6-3-2-4-7-18/h2-4,6-7,11,14,16H,5,8-10,12-13,15,17H2,1H3. The van der Waals surface area contributed by atoms with Crippen molar-refractivity contribution in [2.75, 3.05) is 13.1 Å². The molecule has 1 aliphatic carbocycles. The first-order valence-corrected chi connectivity index (χ1v) is 10.8. The second-order valence-electron chi connectivity index (χ2n) is 8.58. The van der Waals surface area contributed by atoms with Crippen molar-refractivity contribution in [2.45, 2.75) is 43.9 Å². The van der Waals surface area contributed by atoms with Crippen LogP contribution < -0.4 is 0 Å². The van der Waals surface area contributed by atoms with Crippen molar-refractivity contribution < 1.29 is 4.79 Å². The number of aromatic nitrogens is 4. The number of likely N-dealkylation sites (tertiary alicyclic amines) is 1. The quantitative estimate of drug-likeness (QED) is 0.673. The number of hydrogen-bond acceptors (Lipinski definition) is 4. The number of nitrogens with zero attached hydrogens (tertiary/aromatic N) is 5. The van der Waals surface area contributed by atoms with E-state index in [2.05, 4.69) is 27.1 Å². The van der Waals surface area contributed by atoms with E-state index in [9.17, 15) is 4.79 Å². The van der Waals surface area contributed by atoms with Crippen LogP contribution in [0.5, 0.6) is 0 Å². The van der Waals surface area contributed by atoms with Crippen LogP contribution >= 0.6 is 0 Å². The molecule has 1 spiro atoms. The van der Waals surface area contributed by atoms with Crippen molar-refractivity contribution in [3.05, 3.63) is 65.7 Å². The van der Waals surface area contributed by atoms with E-state index in [0.29, 0.717) is 6.42 Å². The number of carbonyl (C=O) groups excluding carboxylic acids is 1. The number of carbonyl (C=O) groups is 1. The highest BCUT2D eigenvalue weighted by molar-refractivity contribution is 5.76. The molecule has 1 unspecified atom stereocenters. The minimum atomic E-state index is -0.0256. The summed E-state index contributed by atoms with van der Waals surface area (Å²) in [7, 11) is 1.93. The van der Waals surface area contributed by atoms with E-state index in [1.807, 2.05) is 42.2 Å². The largest absolute Gasteiger partial charge is 0.342 e. The van der Waals surface area contributed by atoms with Gasteiger partial charge in [-0.3, -0.25) is 9.48 Å². The van der Waals surface area contributed by atoms with Gasteiger partial charge < -0.3 is 4.90 Å². The van der Waals surface area contributed by atoms with Gasteiger partial charge in [-0.25, -0.2) is 9.97 Å². The van der Waals surface area contributed by atoms with Crippen LogP contribution in [0.3, 0.4) is 0 Å². The Hall–Kier alpha value is -3.02. The second-order valence-corrected chi connectivity index (χ2v) is 8.58. The number of hydrogen-bond donors (Lipinski definition) is 0. The molecule has 1 saturated heterocycles. The first-order chi connectivity index (χ1) is 14.6. The lowest BCUT2D eigenvalue weighted by molar-refractivity contribution is -0.133. The molecule has 3 heterocycles. The number of benzene rings is 1. The average Bonchev–Trinajstić information content (AvgIpc) is 3.36. The minimum absolute atomic E-state index is 0.0256. The van der Waals surface area contributed by atoms with E-state index in [4.69, 9.17) is 4.98 Å². The zero-order chi connectivity index (χ0) is 20.6. The lowest BCUT2D eigenvalue weighted by atomic mass is 9.77.